The third-order valence-electron chi connectivity index (χ3n) is 7.01. The molecule has 32 heavy (non-hydrogen) atoms. The zero-order valence-electron chi connectivity index (χ0n) is 19.6. The summed E-state index contributed by atoms with van der Waals surface area (Å²) in [5.74, 6) is 3.13. The molecule has 1 aliphatic heterocycles. The summed E-state index contributed by atoms with van der Waals surface area (Å²) in [6.07, 6.45) is 6.36. The molecule has 4 rings (SSSR count). The quantitative estimate of drug-likeness (QED) is 0.595. The highest BCUT2D eigenvalue weighted by Gasteiger charge is 2.48. The van der Waals surface area contributed by atoms with Crippen molar-refractivity contribution in [3.8, 4) is 0 Å². The van der Waals surface area contributed by atoms with Crippen molar-refractivity contribution in [3.63, 3.8) is 0 Å². The molecule has 2 heterocycles. The lowest BCUT2D eigenvalue weighted by molar-refractivity contribution is -0.133. The minimum Gasteiger partial charge on any atom is -0.351 e. The maximum atomic E-state index is 13.7. The van der Waals surface area contributed by atoms with E-state index in [0.29, 0.717) is 18.9 Å². The number of carbonyl (C=O) groups excluding carboxylic acids is 2. The molecular formula is C25H36N4O2S. The van der Waals surface area contributed by atoms with Gasteiger partial charge in [0.05, 0.1) is 17.6 Å². The summed E-state index contributed by atoms with van der Waals surface area (Å²) in [6.45, 7) is 7.40. The maximum absolute atomic E-state index is 13.7. The van der Waals surface area contributed by atoms with Crippen LogP contribution < -0.4 is 5.32 Å². The minimum atomic E-state index is -0.925. The Labute approximate surface area is 195 Å². The normalized spacial score (nSPS) is 25.7. The first-order valence-electron chi connectivity index (χ1n) is 12.1. The van der Waals surface area contributed by atoms with Crippen LogP contribution in [-0.4, -0.2) is 55.9 Å². The Kier molecular flexibility index (Phi) is 7.13. The molecule has 7 heteroatoms. The second-order valence-electron chi connectivity index (χ2n) is 9.64. The van der Waals surface area contributed by atoms with E-state index in [-0.39, 0.29) is 17.9 Å². The highest BCUT2D eigenvalue weighted by Crippen LogP contribution is 2.32. The van der Waals surface area contributed by atoms with E-state index in [0.717, 1.165) is 67.0 Å². The number of imidazole rings is 1. The summed E-state index contributed by atoms with van der Waals surface area (Å²) in [6, 6.07) is 8.01. The van der Waals surface area contributed by atoms with Gasteiger partial charge >= 0.3 is 0 Å². The first kappa shape index (κ1) is 23.1. The van der Waals surface area contributed by atoms with E-state index in [4.69, 9.17) is 0 Å². The van der Waals surface area contributed by atoms with Gasteiger partial charge in [0.25, 0.3) is 5.91 Å². The molecule has 1 saturated carbocycles. The van der Waals surface area contributed by atoms with Crippen molar-refractivity contribution in [2.45, 2.75) is 77.4 Å². The first-order valence-corrected chi connectivity index (χ1v) is 13.3. The number of fused-ring (bicyclic) bond motifs is 3. The lowest BCUT2D eigenvalue weighted by Gasteiger charge is -2.44. The number of amides is 2. The van der Waals surface area contributed by atoms with Crippen molar-refractivity contribution in [1.82, 2.24) is 19.8 Å². The molecule has 0 bridgehead atoms. The molecule has 2 amide bonds. The third-order valence-corrected chi connectivity index (χ3v) is 8.29. The number of hydrogen-bond acceptors (Lipinski definition) is 4. The van der Waals surface area contributed by atoms with Crippen LogP contribution >= 0.6 is 11.8 Å². The molecular weight excluding hydrogens is 420 g/mol. The summed E-state index contributed by atoms with van der Waals surface area (Å²) in [5.41, 5.74) is 0.797. The van der Waals surface area contributed by atoms with Gasteiger partial charge in [0.2, 0.25) is 5.91 Å². The maximum Gasteiger partial charge on any atom is 0.290 e. The number of rotatable bonds is 8. The van der Waals surface area contributed by atoms with Crippen LogP contribution in [-0.2, 0) is 11.3 Å². The molecule has 2 aromatic rings. The van der Waals surface area contributed by atoms with Crippen molar-refractivity contribution in [1.29, 1.82) is 0 Å². The number of carbonyl (C=O) groups is 2. The Morgan fingerprint density at radius 2 is 1.97 bits per heavy atom. The molecule has 1 N–H and O–H groups in total. The summed E-state index contributed by atoms with van der Waals surface area (Å²) in [5, 5.41) is 3.31. The van der Waals surface area contributed by atoms with Gasteiger partial charge in [-0.25, -0.2) is 4.98 Å². The summed E-state index contributed by atoms with van der Waals surface area (Å²) in [4.78, 5) is 33.7. The average Bonchev–Trinajstić information content (AvgIpc) is 3.15. The first-order chi connectivity index (χ1) is 15.4. The number of hydrogen-bond donors (Lipinski definition) is 1. The lowest BCUT2D eigenvalue weighted by atomic mass is 9.86. The predicted octanol–water partition coefficient (Wildman–Crippen LogP) is 4.48. The molecule has 1 aromatic heterocycles. The van der Waals surface area contributed by atoms with E-state index >= 15 is 0 Å². The fraction of sp³-hybridized carbons (Fsp3) is 0.640. The van der Waals surface area contributed by atoms with Gasteiger partial charge in [-0.3, -0.25) is 9.59 Å². The highest BCUT2D eigenvalue weighted by atomic mass is 32.2. The van der Waals surface area contributed by atoms with Crippen LogP contribution in [0.25, 0.3) is 11.0 Å². The van der Waals surface area contributed by atoms with Crippen molar-refractivity contribution >= 4 is 34.6 Å². The molecule has 0 saturated heterocycles. The van der Waals surface area contributed by atoms with Gasteiger partial charge in [-0.1, -0.05) is 26.0 Å². The summed E-state index contributed by atoms with van der Waals surface area (Å²) >= 11 is 1.91. The Morgan fingerprint density at radius 3 is 2.72 bits per heavy atom. The Balaban J connectivity index is 1.60. The molecule has 0 spiro atoms. The smallest absolute Gasteiger partial charge is 0.290 e. The zero-order valence-corrected chi connectivity index (χ0v) is 20.4. The van der Waals surface area contributed by atoms with E-state index < -0.39 is 5.54 Å². The molecule has 174 valence electrons. The largest absolute Gasteiger partial charge is 0.351 e. The van der Waals surface area contributed by atoms with Crippen molar-refractivity contribution in [2.75, 3.05) is 18.1 Å². The van der Waals surface area contributed by atoms with E-state index in [9.17, 15) is 9.59 Å². The van der Waals surface area contributed by atoms with E-state index in [1.807, 2.05) is 47.5 Å². The van der Waals surface area contributed by atoms with Gasteiger partial charge in [-0.2, -0.15) is 11.8 Å². The monoisotopic (exact) mass is 456 g/mol. The van der Waals surface area contributed by atoms with E-state index in [1.165, 1.54) is 0 Å². The van der Waals surface area contributed by atoms with Gasteiger partial charge in [0.1, 0.15) is 5.54 Å². The van der Waals surface area contributed by atoms with Gasteiger partial charge in [0.15, 0.2) is 5.82 Å². The molecule has 0 radical (unpaired) electrons. The van der Waals surface area contributed by atoms with Gasteiger partial charge in [-0.15, -0.1) is 0 Å². The Morgan fingerprint density at radius 1 is 1.22 bits per heavy atom. The number of benzene rings is 1. The van der Waals surface area contributed by atoms with Crippen LogP contribution in [0.1, 0.15) is 69.9 Å². The number of nitrogens with one attached hydrogen (secondary N) is 1. The SMILES string of the molecule is CCCSCCCN1C(=O)c2nc3ccccc3n2C[C@]1(C)C(=O)NC1CCC(C)CC1. The van der Waals surface area contributed by atoms with Crippen LogP contribution in [0.15, 0.2) is 24.3 Å². The van der Waals surface area contributed by atoms with Crippen LogP contribution in [0.5, 0.6) is 0 Å². The van der Waals surface area contributed by atoms with Crippen LogP contribution in [0.3, 0.4) is 0 Å². The molecule has 1 atom stereocenters. The van der Waals surface area contributed by atoms with Crippen molar-refractivity contribution < 1.29 is 9.59 Å². The molecule has 1 fully saturated rings. The summed E-state index contributed by atoms with van der Waals surface area (Å²) in [7, 11) is 0. The molecule has 1 aromatic carbocycles. The second-order valence-corrected chi connectivity index (χ2v) is 10.9. The lowest BCUT2D eigenvalue weighted by Crippen LogP contribution is -2.65. The van der Waals surface area contributed by atoms with Crippen molar-refractivity contribution in [3.05, 3.63) is 30.1 Å². The van der Waals surface area contributed by atoms with E-state index in [2.05, 4.69) is 24.1 Å². The Bertz CT molecular complexity index is 966. The van der Waals surface area contributed by atoms with Gasteiger partial charge < -0.3 is 14.8 Å². The predicted molar refractivity (Wildman–Crippen MR) is 131 cm³/mol. The Hall–Kier alpha value is -2.02. The minimum absolute atomic E-state index is 0.0324. The molecule has 6 nitrogen and oxygen atoms in total. The van der Waals surface area contributed by atoms with Crippen LogP contribution in [0, 0.1) is 5.92 Å². The molecule has 2 aliphatic rings. The van der Waals surface area contributed by atoms with Crippen molar-refractivity contribution in [2.24, 2.45) is 5.92 Å². The fourth-order valence-electron chi connectivity index (χ4n) is 5.00. The molecule has 0 unspecified atom stereocenters. The van der Waals surface area contributed by atoms with Gasteiger partial charge in [-0.05, 0) is 75.0 Å². The van der Waals surface area contributed by atoms with E-state index in [1.54, 1.807) is 4.90 Å². The summed E-state index contributed by atoms with van der Waals surface area (Å²) < 4.78 is 1.95. The van der Waals surface area contributed by atoms with Gasteiger partial charge in [0, 0.05) is 12.6 Å². The number of para-hydroxylation sites is 2. The number of thioether (sulfide) groups is 1. The highest BCUT2D eigenvalue weighted by molar-refractivity contribution is 7.99. The fourth-order valence-corrected chi connectivity index (χ4v) is 5.82. The standard InChI is InChI=1S/C25H36N4O2S/c1-4-15-32-16-7-14-29-23(30)22-27-20-8-5-6-9-21(20)28(22)17-25(29,3)24(31)26-19-12-10-18(2)11-13-19/h5-6,8-9,18-19H,4,7,10-17H2,1-3H3,(H,26,31)/t18?,19?,25-/m1/s1. The second kappa shape index (κ2) is 9.86. The molecule has 1 aliphatic carbocycles. The van der Waals surface area contributed by atoms with Crippen LogP contribution in [0.2, 0.25) is 0 Å². The van der Waals surface area contributed by atoms with Crippen LogP contribution in [0.4, 0.5) is 0 Å². The number of nitrogens with zero attached hydrogens (tertiary/aromatic N) is 3. The average molecular weight is 457 g/mol. The zero-order chi connectivity index (χ0) is 22.7. The number of aromatic nitrogens is 2. The third kappa shape index (κ3) is 4.54. The topological polar surface area (TPSA) is 67.2 Å².